The lowest BCUT2D eigenvalue weighted by molar-refractivity contribution is 0.414. The number of fused-ring (bicyclic) bond motifs is 1. The number of nitrogens with two attached hydrogens (primary N) is 1. The number of hydrogen-bond donors (Lipinski definition) is 1. The van der Waals surface area contributed by atoms with E-state index in [2.05, 4.69) is 22.9 Å². The number of ether oxygens (including phenoxy) is 1. The standard InChI is InChI=1S/C15H19N3O/c1-19-14-4-2-11(3-5-14)8-13-10-18-7-6-12(16)9-15(18)17-13/h2-5,10,12H,6-9,16H2,1H3. The first-order valence-electron chi connectivity index (χ1n) is 6.68. The average Bonchev–Trinajstić information content (AvgIpc) is 2.81. The Bertz CT molecular complexity index is 559. The third-order valence-corrected chi connectivity index (χ3v) is 3.64. The molecule has 1 aliphatic heterocycles. The fourth-order valence-electron chi connectivity index (χ4n) is 2.55. The van der Waals surface area contributed by atoms with Crippen LogP contribution in [0.15, 0.2) is 30.5 Å². The quantitative estimate of drug-likeness (QED) is 0.911. The van der Waals surface area contributed by atoms with Crippen LogP contribution in [0, 0.1) is 0 Å². The van der Waals surface area contributed by atoms with Crippen molar-refractivity contribution in [2.24, 2.45) is 5.73 Å². The Labute approximate surface area is 113 Å². The predicted octanol–water partition coefficient (Wildman–Crippen LogP) is 1.76. The number of nitrogens with zero attached hydrogens (tertiary/aromatic N) is 2. The molecule has 1 aromatic carbocycles. The second-order valence-corrected chi connectivity index (χ2v) is 5.12. The summed E-state index contributed by atoms with van der Waals surface area (Å²) in [5, 5.41) is 0. The number of aromatic nitrogens is 2. The topological polar surface area (TPSA) is 53.1 Å². The van der Waals surface area contributed by atoms with E-state index in [9.17, 15) is 0 Å². The van der Waals surface area contributed by atoms with Gasteiger partial charge in [-0.1, -0.05) is 12.1 Å². The number of aryl methyl sites for hydroxylation is 1. The lowest BCUT2D eigenvalue weighted by Gasteiger charge is -2.18. The van der Waals surface area contributed by atoms with E-state index in [0.29, 0.717) is 0 Å². The van der Waals surface area contributed by atoms with Gasteiger partial charge in [0.15, 0.2) is 0 Å². The van der Waals surface area contributed by atoms with Crippen molar-refractivity contribution in [3.63, 3.8) is 0 Å². The van der Waals surface area contributed by atoms with E-state index in [4.69, 9.17) is 15.5 Å². The summed E-state index contributed by atoms with van der Waals surface area (Å²) in [6, 6.07) is 8.41. The maximum atomic E-state index is 5.98. The van der Waals surface area contributed by atoms with E-state index in [0.717, 1.165) is 43.1 Å². The molecule has 0 spiro atoms. The second kappa shape index (κ2) is 5.05. The third kappa shape index (κ3) is 2.63. The van der Waals surface area contributed by atoms with Crippen LogP contribution in [-0.4, -0.2) is 22.7 Å². The molecule has 1 aliphatic rings. The number of benzene rings is 1. The number of hydrogen-bond acceptors (Lipinski definition) is 3. The fourth-order valence-corrected chi connectivity index (χ4v) is 2.55. The minimum Gasteiger partial charge on any atom is -0.497 e. The summed E-state index contributed by atoms with van der Waals surface area (Å²) in [5.41, 5.74) is 8.35. The van der Waals surface area contributed by atoms with Crippen molar-refractivity contribution in [2.45, 2.75) is 31.8 Å². The van der Waals surface area contributed by atoms with Gasteiger partial charge in [-0.3, -0.25) is 0 Å². The number of imidazole rings is 1. The van der Waals surface area contributed by atoms with Crippen LogP contribution in [0.2, 0.25) is 0 Å². The predicted molar refractivity (Wildman–Crippen MR) is 74.3 cm³/mol. The minimum absolute atomic E-state index is 0.267. The highest BCUT2D eigenvalue weighted by Crippen LogP contribution is 2.18. The zero-order valence-corrected chi connectivity index (χ0v) is 11.2. The average molecular weight is 257 g/mol. The summed E-state index contributed by atoms with van der Waals surface area (Å²) < 4.78 is 7.40. The molecule has 19 heavy (non-hydrogen) atoms. The summed E-state index contributed by atoms with van der Waals surface area (Å²) in [6.45, 7) is 0.992. The highest BCUT2D eigenvalue weighted by molar-refractivity contribution is 5.29. The molecule has 2 N–H and O–H groups in total. The Morgan fingerprint density at radius 3 is 2.89 bits per heavy atom. The van der Waals surface area contributed by atoms with Crippen LogP contribution < -0.4 is 10.5 Å². The van der Waals surface area contributed by atoms with E-state index < -0.39 is 0 Å². The van der Waals surface area contributed by atoms with Crippen molar-refractivity contribution in [3.8, 4) is 5.75 Å². The molecule has 1 unspecified atom stereocenters. The molecule has 0 radical (unpaired) electrons. The van der Waals surface area contributed by atoms with Crippen LogP contribution in [0.1, 0.15) is 23.5 Å². The highest BCUT2D eigenvalue weighted by atomic mass is 16.5. The first kappa shape index (κ1) is 12.2. The molecule has 3 rings (SSSR count). The summed E-state index contributed by atoms with van der Waals surface area (Å²) in [7, 11) is 1.68. The van der Waals surface area contributed by atoms with E-state index in [1.54, 1.807) is 7.11 Å². The van der Waals surface area contributed by atoms with E-state index in [1.807, 2.05) is 12.1 Å². The molecule has 4 nitrogen and oxygen atoms in total. The van der Waals surface area contributed by atoms with Gasteiger partial charge in [-0.15, -0.1) is 0 Å². The summed E-state index contributed by atoms with van der Waals surface area (Å²) in [5.74, 6) is 2.01. The molecule has 1 atom stereocenters. The highest BCUT2D eigenvalue weighted by Gasteiger charge is 2.17. The summed E-state index contributed by atoms with van der Waals surface area (Å²) in [6.07, 6.45) is 4.96. The van der Waals surface area contributed by atoms with Gasteiger partial charge in [-0.2, -0.15) is 0 Å². The van der Waals surface area contributed by atoms with Gasteiger partial charge in [-0.05, 0) is 24.1 Å². The molecule has 2 heterocycles. The molecule has 0 saturated carbocycles. The summed E-state index contributed by atoms with van der Waals surface area (Å²) >= 11 is 0. The molecule has 1 aromatic heterocycles. The number of rotatable bonds is 3. The molecule has 0 bridgehead atoms. The zero-order chi connectivity index (χ0) is 13.2. The smallest absolute Gasteiger partial charge is 0.118 e. The molecular formula is C15H19N3O. The van der Waals surface area contributed by atoms with Gasteiger partial charge in [0, 0.05) is 31.6 Å². The Morgan fingerprint density at radius 1 is 1.37 bits per heavy atom. The Kier molecular flexibility index (Phi) is 3.25. The van der Waals surface area contributed by atoms with Crippen LogP contribution in [-0.2, 0) is 19.4 Å². The maximum absolute atomic E-state index is 5.98. The van der Waals surface area contributed by atoms with Gasteiger partial charge in [0.05, 0.1) is 12.8 Å². The first-order valence-corrected chi connectivity index (χ1v) is 6.68. The monoisotopic (exact) mass is 257 g/mol. The van der Waals surface area contributed by atoms with Crippen molar-refractivity contribution in [2.75, 3.05) is 7.11 Å². The Morgan fingerprint density at radius 2 is 2.16 bits per heavy atom. The molecule has 100 valence electrons. The Hall–Kier alpha value is -1.81. The normalized spacial score (nSPS) is 18.1. The van der Waals surface area contributed by atoms with Gasteiger partial charge < -0.3 is 15.0 Å². The lowest BCUT2D eigenvalue weighted by Crippen LogP contribution is -2.30. The maximum Gasteiger partial charge on any atom is 0.118 e. The molecule has 0 aliphatic carbocycles. The van der Waals surface area contributed by atoms with Crippen LogP contribution in [0.3, 0.4) is 0 Å². The van der Waals surface area contributed by atoms with Crippen molar-refractivity contribution in [1.29, 1.82) is 0 Å². The minimum atomic E-state index is 0.267. The SMILES string of the molecule is COc1ccc(Cc2cn3c(n2)CC(N)CC3)cc1. The van der Waals surface area contributed by atoms with Gasteiger partial charge in [0.1, 0.15) is 11.6 Å². The molecule has 0 amide bonds. The van der Waals surface area contributed by atoms with E-state index in [-0.39, 0.29) is 6.04 Å². The molecule has 0 fully saturated rings. The molecular weight excluding hydrogens is 238 g/mol. The largest absolute Gasteiger partial charge is 0.497 e. The van der Waals surface area contributed by atoms with Crippen molar-refractivity contribution in [1.82, 2.24) is 9.55 Å². The Balaban J connectivity index is 1.76. The van der Waals surface area contributed by atoms with Crippen LogP contribution >= 0.6 is 0 Å². The first-order chi connectivity index (χ1) is 9.24. The lowest BCUT2D eigenvalue weighted by atomic mass is 10.1. The second-order valence-electron chi connectivity index (χ2n) is 5.12. The van der Waals surface area contributed by atoms with Crippen LogP contribution in [0.5, 0.6) is 5.75 Å². The van der Waals surface area contributed by atoms with Crippen molar-refractivity contribution in [3.05, 3.63) is 47.5 Å². The summed E-state index contributed by atoms with van der Waals surface area (Å²) in [4.78, 5) is 4.69. The van der Waals surface area contributed by atoms with Gasteiger partial charge in [-0.25, -0.2) is 4.98 Å². The fraction of sp³-hybridized carbons (Fsp3) is 0.400. The van der Waals surface area contributed by atoms with Gasteiger partial charge in [0.2, 0.25) is 0 Å². The molecule has 2 aromatic rings. The van der Waals surface area contributed by atoms with Crippen LogP contribution in [0.25, 0.3) is 0 Å². The van der Waals surface area contributed by atoms with E-state index in [1.165, 1.54) is 5.56 Å². The third-order valence-electron chi connectivity index (χ3n) is 3.64. The van der Waals surface area contributed by atoms with Gasteiger partial charge >= 0.3 is 0 Å². The molecule has 0 saturated heterocycles. The van der Waals surface area contributed by atoms with Crippen molar-refractivity contribution >= 4 is 0 Å². The van der Waals surface area contributed by atoms with Crippen molar-refractivity contribution < 1.29 is 4.74 Å². The molecule has 4 heteroatoms. The number of methoxy groups -OCH3 is 1. The van der Waals surface area contributed by atoms with Crippen LogP contribution in [0.4, 0.5) is 0 Å². The van der Waals surface area contributed by atoms with E-state index >= 15 is 0 Å². The zero-order valence-electron chi connectivity index (χ0n) is 11.2. The van der Waals surface area contributed by atoms with Gasteiger partial charge in [0.25, 0.3) is 0 Å².